The molecule has 0 radical (unpaired) electrons. The SMILES string of the molecule is CC1(C)CCC(OCC(C#N)(NC2CC2)C2CC2)CC1. The van der Waals surface area contributed by atoms with Gasteiger partial charge in [0.1, 0.15) is 5.54 Å². The van der Waals surface area contributed by atoms with Gasteiger partial charge in [-0.05, 0) is 62.7 Å². The molecule has 0 aromatic carbocycles. The minimum Gasteiger partial charge on any atom is -0.375 e. The number of hydrogen-bond acceptors (Lipinski definition) is 3. The molecule has 3 nitrogen and oxygen atoms in total. The fourth-order valence-electron chi connectivity index (χ4n) is 3.39. The van der Waals surface area contributed by atoms with Crippen molar-refractivity contribution in [3.8, 4) is 6.07 Å². The topological polar surface area (TPSA) is 45.0 Å². The van der Waals surface area contributed by atoms with Gasteiger partial charge < -0.3 is 4.74 Å². The van der Waals surface area contributed by atoms with Crippen molar-refractivity contribution >= 4 is 0 Å². The minimum atomic E-state index is -0.395. The predicted molar refractivity (Wildman–Crippen MR) is 79.2 cm³/mol. The monoisotopic (exact) mass is 276 g/mol. The summed E-state index contributed by atoms with van der Waals surface area (Å²) in [5.41, 5.74) is 0.0864. The Kier molecular flexibility index (Phi) is 3.81. The smallest absolute Gasteiger partial charge is 0.133 e. The summed E-state index contributed by atoms with van der Waals surface area (Å²) in [6.07, 6.45) is 10.0. The maximum atomic E-state index is 9.68. The number of nitrogens with zero attached hydrogens (tertiary/aromatic N) is 1. The Labute approximate surface area is 123 Å². The Morgan fingerprint density at radius 2 is 1.80 bits per heavy atom. The second-order valence-corrected chi connectivity index (χ2v) is 7.95. The lowest BCUT2D eigenvalue weighted by Gasteiger charge is -2.36. The molecule has 20 heavy (non-hydrogen) atoms. The van der Waals surface area contributed by atoms with Gasteiger partial charge in [-0.2, -0.15) is 5.26 Å². The fraction of sp³-hybridized carbons (Fsp3) is 0.941. The zero-order valence-corrected chi connectivity index (χ0v) is 13.0. The van der Waals surface area contributed by atoms with Crippen LogP contribution in [0.2, 0.25) is 0 Å². The van der Waals surface area contributed by atoms with Gasteiger partial charge in [0.05, 0.1) is 18.8 Å². The molecule has 0 aliphatic heterocycles. The average molecular weight is 276 g/mol. The Bertz CT molecular complexity index is 382. The highest BCUT2D eigenvalue weighted by Gasteiger charge is 2.49. The lowest BCUT2D eigenvalue weighted by atomic mass is 9.76. The average Bonchev–Trinajstić information content (AvgIpc) is 3.27. The van der Waals surface area contributed by atoms with E-state index >= 15 is 0 Å². The first-order valence-corrected chi connectivity index (χ1v) is 8.34. The second-order valence-electron chi connectivity index (χ2n) is 7.95. The zero-order chi connectivity index (χ0) is 14.2. The molecule has 0 amide bonds. The van der Waals surface area contributed by atoms with E-state index in [0.29, 0.717) is 30.1 Å². The van der Waals surface area contributed by atoms with E-state index in [1.54, 1.807) is 0 Å². The number of nitrogens with one attached hydrogen (secondary N) is 1. The highest BCUT2D eigenvalue weighted by molar-refractivity contribution is 5.17. The maximum Gasteiger partial charge on any atom is 0.133 e. The zero-order valence-electron chi connectivity index (χ0n) is 13.0. The lowest BCUT2D eigenvalue weighted by Crippen LogP contribution is -2.52. The number of nitriles is 1. The van der Waals surface area contributed by atoms with Gasteiger partial charge in [-0.3, -0.25) is 5.32 Å². The Morgan fingerprint density at radius 1 is 1.15 bits per heavy atom. The molecule has 1 unspecified atom stereocenters. The van der Waals surface area contributed by atoms with Crippen LogP contribution in [0.1, 0.15) is 65.2 Å². The van der Waals surface area contributed by atoms with Crippen LogP contribution in [-0.4, -0.2) is 24.3 Å². The van der Waals surface area contributed by atoms with Crippen molar-refractivity contribution in [1.82, 2.24) is 5.32 Å². The van der Waals surface area contributed by atoms with Gasteiger partial charge in [-0.1, -0.05) is 13.8 Å². The first-order valence-electron chi connectivity index (χ1n) is 8.34. The van der Waals surface area contributed by atoms with E-state index in [4.69, 9.17) is 4.74 Å². The van der Waals surface area contributed by atoms with Crippen LogP contribution in [0, 0.1) is 22.7 Å². The van der Waals surface area contributed by atoms with E-state index in [1.807, 2.05) is 0 Å². The molecule has 3 saturated carbocycles. The third-order valence-electron chi connectivity index (χ3n) is 5.35. The van der Waals surface area contributed by atoms with Gasteiger partial charge in [-0.25, -0.2) is 0 Å². The van der Waals surface area contributed by atoms with Gasteiger partial charge in [0.2, 0.25) is 0 Å². The number of rotatable bonds is 6. The van der Waals surface area contributed by atoms with E-state index < -0.39 is 5.54 Å². The van der Waals surface area contributed by atoms with E-state index in [-0.39, 0.29) is 0 Å². The third kappa shape index (κ3) is 3.35. The van der Waals surface area contributed by atoms with Crippen LogP contribution in [0.15, 0.2) is 0 Å². The molecule has 3 rings (SSSR count). The quantitative estimate of drug-likeness (QED) is 0.808. The summed E-state index contributed by atoms with van der Waals surface area (Å²) in [5.74, 6) is 0.521. The summed E-state index contributed by atoms with van der Waals surface area (Å²) < 4.78 is 6.18. The van der Waals surface area contributed by atoms with Gasteiger partial charge in [0, 0.05) is 6.04 Å². The van der Waals surface area contributed by atoms with Crippen LogP contribution in [0.3, 0.4) is 0 Å². The number of ether oxygens (including phenoxy) is 1. The highest BCUT2D eigenvalue weighted by atomic mass is 16.5. The van der Waals surface area contributed by atoms with Crippen molar-refractivity contribution < 1.29 is 4.74 Å². The molecule has 112 valence electrons. The normalized spacial score (nSPS) is 29.6. The van der Waals surface area contributed by atoms with Gasteiger partial charge in [0.25, 0.3) is 0 Å². The van der Waals surface area contributed by atoms with Crippen molar-refractivity contribution in [3.63, 3.8) is 0 Å². The first kappa shape index (κ1) is 14.4. The van der Waals surface area contributed by atoms with Crippen molar-refractivity contribution in [2.45, 2.75) is 82.9 Å². The summed E-state index contributed by atoms with van der Waals surface area (Å²) in [6, 6.07) is 3.14. The summed E-state index contributed by atoms with van der Waals surface area (Å²) in [6.45, 7) is 5.29. The first-order chi connectivity index (χ1) is 9.53. The molecule has 3 heteroatoms. The molecule has 0 spiro atoms. The van der Waals surface area contributed by atoms with Gasteiger partial charge in [-0.15, -0.1) is 0 Å². The van der Waals surface area contributed by atoms with Crippen LogP contribution in [0.4, 0.5) is 0 Å². The van der Waals surface area contributed by atoms with Crippen molar-refractivity contribution in [2.75, 3.05) is 6.61 Å². The van der Waals surface area contributed by atoms with Crippen molar-refractivity contribution in [1.29, 1.82) is 5.26 Å². The molecule has 3 fully saturated rings. The largest absolute Gasteiger partial charge is 0.375 e. The molecule has 0 bridgehead atoms. The second kappa shape index (κ2) is 5.31. The van der Waals surface area contributed by atoms with Crippen LogP contribution in [0.25, 0.3) is 0 Å². The van der Waals surface area contributed by atoms with Gasteiger partial charge in [0.15, 0.2) is 0 Å². The summed E-state index contributed by atoms with van der Waals surface area (Å²) in [7, 11) is 0. The molecule has 1 atom stereocenters. The summed E-state index contributed by atoms with van der Waals surface area (Å²) >= 11 is 0. The summed E-state index contributed by atoms with van der Waals surface area (Å²) in [4.78, 5) is 0. The van der Waals surface area contributed by atoms with Crippen LogP contribution < -0.4 is 5.32 Å². The number of hydrogen-bond donors (Lipinski definition) is 1. The van der Waals surface area contributed by atoms with Crippen LogP contribution in [-0.2, 0) is 4.74 Å². The molecule has 1 N–H and O–H groups in total. The molecule has 0 saturated heterocycles. The maximum absolute atomic E-state index is 9.68. The van der Waals surface area contributed by atoms with Gasteiger partial charge >= 0.3 is 0 Å². The minimum absolute atomic E-state index is 0.371. The summed E-state index contributed by atoms with van der Waals surface area (Å²) in [5, 5.41) is 13.3. The Morgan fingerprint density at radius 3 is 2.30 bits per heavy atom. The fourth-order valence-corrected chi connectivity index (χ4v) is 3.39. The lowest BCUT2D eigenvalue weighted by molar-refractivity contribution is -0.0198. The van der Waals surface area contributed by atoms with Crippen LogP contribution in [0.5, 0.6) is 0 Å². The Balaban J connectivity index is 1.53. The molecule has 0 aromatic rings. The third-order valence-corrected chi connectivity index (χ3v) is 5.35. The van der Waals surface area contributed by atoms with E-state index in [1.165, 1.54) is 38.5 Å². The standard InChI is InChI=1S/C17H28N2O/c1-16(2)9-7-15(8-10-16)20-12-17(11-18,13-3-4-13)19-14-5-6-14/h13-15,19H,3-10,12H2,1-2H3. The molecule has 0 heterocycles. The predicted octanol–water partition coefficient (Wildman–Crippen LogP) is 3.40. The molecule has 0 aromatic heterocycles. The van der Waals surface area contributed by atoms with E-state index in [2.05, 4.69) is 25.2 Å². The Hall–Kier alpha value is -0.590. The molecule has 3 aliphatic carbocycles. The van der Waals surface area contributed by atoms with Crippen molar-refractivity contribution in [3.05, 3.63) is 0 Å². The molecule has 3 aliphatic rings. The highest BCUT2D eigenvalue weighted by Crippen LogP contribution is 2.42. The van der Waals surface area contributed by atoms with E-state index in [9.17, 15) is 5.26 Å². The molecular formula is C17H28N2O. The van der Waals surface area contributed by atoms with Crippen LogP contribution >= 0.6 is 0 Å². The van der Waals surface area contributed by atoms with Crippen molar-refractivity contribution in [2.24, 2.45) is 11.3 Å². The van der Waals surface area contributed by atoms with E-state index in [0.717, 1.165) is 12.8 Å². The molecular weight excluding hydrogens is 248 g/mol.